The van der Waals surface area contributed by atoms with Gasteiger partial charge in [-0.3, -0.25) is 4.79 Å². The van der Waals surface area contributed by atoms with E-state index >= 15 is 0 Å². The molecule has 4 rings (SSSR count). The molecule has 0 fully saturated rings. The second kappa shape index (κ2) is 6.16. The number of fused-ring (bicyclic) bond motifs is 1. The lowest BCUT2D eigenvalue weighted by Crippen LogP contribution is -2.23. The largest absolute Gasteiger partial charge is 0.346 e. The lowest BCUT2D eigenvalue weighted by Gasteiger charge is -2.12. The van der Waals surface area contributed by atoms with E-state index in [-0.39, 0.29) is 11.8 Å². The molecule has 0 saturated carbocycles. The summed E-state index contributed by atoms with van der Waals surface area (Å²) in [6, 6.07) is 4.00. The van der Waals surface area contributed by atoms with Crippen LogP contribution in [0.3, 0.4) is 0 Å². The van der Waals surface area contributed by atoms with E-state index in [4.69, 9.17) is 0 Å². The summed E-state index contributed by atoms with van der Waals surface area (Å²) in [5, 5.41) is 5.64. The summed E-state index contributed by atoms with van der Waals surface area (Å²) in [5.41, 5.74) is 4.98. The maximum Gasteiger partial charge on any atom is 0.254 e. The van der Waals surface area contributed by atoms with E-state index in [1.165, 1.54) is 5.56 Å². The van der Waals surface area contributed by atoms with E-state index in [0.717, 1.165) is 40.8 Å². The molecule has 5 heteroatoms. The first-order valence-corrected chi connectivity index (χ1v) is 8.49. The first-order valence-electron chi connectivity index (χ1n) is 8.49. The molecule has 3 heterocycles. The Labute approximate surface area is 146 Å². The molecule has 0 saturated heterocycles. The zero-order chi connectivity index (χ0) is 17.4. The van der Waals surface area contributed by atoms with Gasteiger partial charge in [-0.05, 0) is 38.0 Å². The second-order valence-corrected chi connectivity index (χ2v) is 6.44. The fraction of sp³-hybridized carbons (Fsp3) is 0.250. The Morgan fingerprint density at radius 3 is 3.04 bits per heavy atom. The number of pyridine rings is 1. The van der Waals surface area contributed by atoms with Gasteiger partial charge in [-0.2, -0.15) is 5.10 Å². The summed E-state index contributed by atoms with van der Waals surface area (Å²) in [4.78, 5) is 20.3. The summed E-state index contributed by atoms with van der Waals surface area (Å²) < 4.78 is 1.58. The number of allylic oxidation sites excluding steroid dienone is 4. The van der Waals surface area contributed by atoms with Crippen LogP contribution >= 0.6 is 0 Å². The van der Waals surface area contributed by atoms with E-state index in [0.29, 0.717) is 0 Å². The van der Waals surface area contributed by atoms with Crippen LogP contribution in [0.5, 0.6) is 0 Å². The summed E-state index contributed by atoms with van der Waals surface area (Å²) in [6.45, 7) is 3.94. The maximum absolute atomic E-state index is 12.8. The van der Waals surface area contributed by atoms with E-state index < -0.39 is 0 Å². The highest BCUT2D eigenvalue weighted by atomic mass is 16.2. The van der Waals surface area contributed by atoms with Gasteiger partial charge in [-0.25, -0.2) is 9.67 Å². The van der Waals surface area contributed by atoms with Crippen molar-refractivity contribution in [1.29, 1.82) is 0 Å². The van der Waals surface area contributed by atoms with Crippen LogP contribution in [0.15, 0.2) is 48.8 Å². The number of aryl methyl sites for hydroxylation is 1. The molecule has 3 aromatic heterocycles. The number of H-pyrrole nitrogens is 1. The summed E-state index contributed by atoms with van der Waals surface area (Å²) in [5.74, 6) is -0.0961. The van der Waals surface area contributed by atoms with Gasteiger partial charge < -0.3 is 4.98 Å². The van der Waals surface area contributed by atoms with Crippen LogP contribution in [0.25, 0.3) is 11.0 Å². The minimum Gasteiger partial charge on any atom is -0.346 e. The third-order valence-electron chi connectivity index (χ3n) is 4.85. The number of nitrogens with one attached hydrogen (secondary N) is 1. The Morgan fingerprint density at radius 2 is 2.24 bits per heavy atom. The number of carbonyl (C=O) groups is 1. The Kier molecular flexibility index (Phi) is 3.84. The minimum absolute atomic E-state index is 0.0352. The quantitative estimate of drug-likeness (QED) is 0.794. The van der Waals surface area contributed by atoms with Crippen LogP contribution in [-0.4, -0.2) is 25.7 Å². The van der Waals surface area contributed by atoms with Gasteiger partial charge in [0.05, 0.1) is 11.6 Å². The first-order chi connectivity index (χ1) is 12.1. The second-order valence-electron chi connectivity index (χ2n) is 6.44. The summed E-state index contributed by atoms with van der Waals surface area (Å²) >= 11 is 0. The molecular formula is C20H20N4O. The number of hydrogen-bond donors (Lipinski definition) is 1. The number of hydrogen-bond acceptors (Lipinski definition) is 3. The molecule has 1 unspecified atom stereocenters. The van der Waals surface area contributed by atoms with Gasteiger partial charge in [0.15, 0.2) is 0 Å². The number of aromatic nitrogens is 4. The van der Waals surface area contributed by atoms with Crippen LogP contribution in [0.1, 0.15) is 33.7 Å². The fourth-order valence-electron chi connectivity index (χ4n) is 3.42. The van der Waals surface area contributed by atoms with E-state index in [1.54, 1.807) is 10.9 Å². The van der Waals surface area contributed by atoms with Crippen molar-refractivity contribution in [3.8, 4) is 0 Å². The van der Waals surface area contributed by atoms with E-state index in [1.807, 2.05) is 50.4 Å². The molecule has 1 atom stereocenters. The van der Waals surface area contributed by atoms with E-state index in [9.17, 15) is 4.79 Å². The molecule has 25 heavy (non-hydrogen) atoms. The Bertz CT molecular complexity index is 1010. The fourth-order valence-corrected chi connectivity index (χ4v) is 3.42. The van der Waals surface area contributed by atoms with Crippen molar-refractivity contribution in [2.45, 2.75) is 26.7 Å². The predicted molar refractivity (Wildman–Crippen MR) is 97.6 cm³/mol. The lowest BCUT2D eigenvalue weighted by atomic mass is 9.99. The molecule has 5 nitrogen and oxygen atoms in total. The Balaban J connectivity index is 1.67. The molecule has 0 aromatic carbocycles. The minimum atomic E-state index is -0.131. The monoisotopic (exact) mass is 332 g/mol. The molecule has 0 amide bonds. The van der Waals surface area contributed by atoms with Crippen LogP contribution in [0, 0.1) is 19.8 Å². The Morgan fingerprint density at radius 1 is 1.36 bits per heavy atom. The van der Waals surface area contributed by atoms with Crippen LogP contribution in [-0.2, 0) is 6.42 Å². The molecule has 0 bridgehead atoms. The third kappa shape index (κ3) is 2.71. The van der Waals surface area contributed by atoms with Crippen LogP contribution in [0.4, 0.5) is 0 Å². The molecule has 1 aliphatic carbocycles. The van der Waals surface area contributed by atoms with Crippen molar-refractivity contribution < 1.29 is 4.79 Å². The standard InChI is InChI=1S/C20H20N4O/c1-13-18(11-16-12-22-19-17(16)9-6-10-21-19)14(2)24(23-13)20(25)15-7-4-3-5-8-15/h3-7,9-10,12,15H,8,11H2,1-2H3,(H,21,22). The Hall–Kier alpha value is -2.95. The molecule has 0 spiro atoms. The smallest absolute Gasteiger partial charge is 0.254 e. The zero-order valence-corrected chi connectivity index (χ0v) is 14.4. The van der Waals surface area contributed by atoms with Crippen molar-refractivity contribution in [3.63, 3.8) is 0 Å². The average Bonchev–Trinajstić information content (AvgIpc) is 3.18. The number of aromatic amines is 1. The van der Waals surface area contributed by atoms with Crippen molar-refractivity contribution in [2.24, 2.45) is 5.92 Å². The molecule has 1 N–H and O–H groups in total. The predicted octanol–water partition coefficient (Wildman–Crippen LogP) is 3.74. The molecular weight excluding hydrogens is 312 g/mol. The van der Waals surface area contributed by atoms with Gasteiger partial charge in [0.2, 0.25) is 0 Å². The van der Waals surface area contributed by atoms with Gasteiger partial charge in [0.1, 0.15) is 5.65 Å². The number of carbonyl (C=O) groups excluding carboxylic acids is 1. The summed E-state index contributed by atoms with van der Waals surface area (Å²) in [6.07, 6.45) is 13.1. The highest BCUT2D eigenvalue weighted by molar-refractivity contribution is 5.84. The van der Waals surface area contributed by atoms with Gasteiger partial charge in [-0.15, -0.1) is 0 Å². The average molecular weight is 332 g/mol. The van der Waals surface area contributed by atoms with Crippen LogP contribution in [0.2, 0.25) is 0 Å². The lowest BCUT2D eigenvalue weighted by molar-refractivity contribution is 0.0842. The topological polar surface area (TPSA) is 63.6 Å². The van der Waals surface area contributed by atoms with Crippen molar-refractivity contribution in [1.82, 2.24) is 19.7 Å². The molecule has 1 aliphatic rings. The highest BCUT2D eigenvalue weighted by Crippen LogP contribution is 2.24. The van der Waals surface area contributed by atoms with Crippen molar-refractivity contribution in [2.75, 3.05) is 0 Å². The molecule has 0 radical (unpaired) electrons. The van der Waals surface area contributed by atoms with Gasteiger partial charge in [0.25, 0.3) is 5.91 Å². The summed E-state index contributed by atoms with van der Waals surface area (Å²) in [7, 11) is 0. The first kappa shape index (κ1) is 15.6. The van der Waals surface area contributed by atoms with Crippen LogP contribution < -0.4 is 0 Å². The SMILES string of the molecule is Cc1nn(C(=O)C2C=CC=CC2)c(C)c1Cc1c[nH]c2ncccc12. The third-order valence-corrected chi connectivity index (χ3v) is 4.85. The highest BCUT2D eigenvalue weighted by Gasteiger charge is 2.23. The molecule has 3 aromatic rings. The van der Waals surface area contributed by atoms with Gasteiger partial charge in [0, 0.05) is 35.5 Å². The number of nitrogens with zero attached hydrogens (tertiary/aromatic N) is 3. The maximum atomic E-state index is 12.8. The van der Waals surface area contributed by atoms with Crippen molar-refractivity contribution in [3.05, 3.63) is 71.3 Å². The zero-order valence-electron chi connectivity index (χ0n) is 14.4. The van der Waals surface area contributed by atoms with E-state index in [2.05, 4.69) is 21.1 Å². The molecule has 126 valence electrons. The van der Waals surface area contributed by atoms with Gasteiger partial charge >= 0.3 is 0 Å². The number of rotatable bonds is 3. The van der Waals surface area contributed by atoms with Crippen molar-refractivity contribution >= 4 is 16.9 Å². The normalized spacial score (nSPS) is 16.6. The molecule has 0 aliphatic heterocycles. The van der Waals surface area contributed by atoms with Gasteiger partial charge in [-0.1, -0.05) is 24.3 Å².